The summed E-state index contributed by atoms with van der Waals surface area (Å²) in [5.41, 5.74) is 2.19. The number of halogens is 1. The lowest BCUT2D eigenvalue weighted by Gasteiger charge is -2.32. The highest BCUT2D eigenvalue weighted by Gasteiger charge is 2.26. The number of aliphatic hydroxyl groups is 1. The van der Waals surface area contributed by atoms with Crippen LogP contribution >= 0.6 is 0 Å². The van der Waals surface area contributed by atoms with Crippen LogP contribution < -0.4 is 0 Å². The molecule has 1 amide bonds. The van der Waals surface area contributed by atoms with E-state index in [2.05, 4.69) is 17.0 Å². The summed E-state index contributed by atoms with van der Waals surface area (Å²) in [4.78, 5) is 29.8. The van der Waals surface area contributed by atoms with Crippen molar-refractivity contribution in [2.45, 2.75) is 85.0 Å². The quantitative estimate of drug-likeness (QED) is 0.369. The summed E-state index contributed by atoms with van der Waals surface area (Å²) >= 11 is 0. The Kier molecular flexibility index (Phi) is 10.4. The molecule has 1 N–H and O–H groups in total. The van der Waals surface area contributed by atoms with Gasteiger partial charge < -0.3 is 14.7 Å². The first-order valence-electron chi connectivity index (χ1n) is 13.4. The number of fused-ring (bicyclic) bond motifs is 1. The summed E-state index contributed by atoms with van der Waals surface area (Å²) < 4.78 is 21.4. The van der Waals surface area contributed by atoms with Crippen LogP contribution in [0, 0.1) is 5.82 Å². The zero-order valence-electron chi connectivity index (χ0n) is 23.0. The van der Waals surface area contributed by atoms with Crippen molar-refractivity contribution in [1.82, 2.24) is 19.7 Å². The summed E-state index contributed by atoms with van der Waals surface area (Å²) in [5.74, 6) is -0.859. The minimum Gasteiger partial charge on any atom is -0.447 e. The van der Waals surface area contributed by atoms with Crippen LogP contribution in [0.3, 0.4) is 0 Å². The summed E-state index contributed by atoms with van der Waals surface area (Å²) in [6.07, 6.45) is 7.58. The van der Waals surface area contributed by atoms with Crippen molar-refractivity contribution in [2.75, 3.05) is 13.1 Å². The monoisotopic (exact) mass is 526 g/mol. The van der Waals surface area contributed by atoms with E-state index in [1.807, 2.05) is 31.5 Å². The first kappa shape index (κ1) is 29.2. The summed E-state index contributed by atoms with van der Waals surface area (Å²) in [6.45, 7) is 10.3. The lowest BCUT2D eigenvalue weighted by atomic mass is 10.0. The van der Waals surface area contributed by atoms with Gasteiger partial charge in [0.1, 0.15) is 5.82 Å². The number of carbonyl (C=O) groups is 2. The molecule has 38 heavy (non-hydrogen) atoms. The topological polar surface area (TPSA) is 97.6 Å². The van der Waals surface area contributed by atoms with Gasteiger partial charge in [0.15, 0.2) is 5.78 Å². The molecule has 2 aromatic heterocycles. The molecule has 1 aliphatic rings. The van der Waals surface area contributed by atoms with E-state index in [1.54, 1.807) is 23.4 Å². The molecule has 0 saturated carbocycles. The molecular formula is C29H39FN4O4. The number of likely N-dealkylation sites (tertiary alicyclic amines) is 1. The van der Waals surface area contributed by atoms with Gasteiger partial charge in [-0.1, -0.05) is 26.3 Å². The number of aromatic nitrogens is 3. The molecule has 4 rings (SSSR count). The maximum atomic E-state index is 14.2. The van der Waals surface area contributed by atoms with Gasteiger partial charge in [-0.15, -0.1) is 0 Å². The van der Waals surface area contributed by atoms with Crippen LogP contribution in [0.15, 0.2) is 36.7 Å². The molecule has 9 heteroatoms. The van der Waals surface area contributed by atoms with Gasteiger partial charge in [0.05, 0.1) is 47.4 Å². The number of rotatable bonds is 7. The van der Waals surface area contributed by atoms with Gasteiger partial charge in [-0.3, -0.25) is 14.5 Å². The zero-order chi connectivity index (χ0) is 27.8. The number of ether oxygens (including phenoxy) is 1. The van der Waals surface area contributed by atoms with Crippen molar-refractivity contribution >= 4 is 22.8 Å². The Hall–Kier alpha value is -3.33. The number of pyridine rings is 1. The Morgan fingerprint density at radius 3 is 2.42 bits per heavy atom. The Morgan fingerprint density at radius 1 is 1.16 bits per heavy atom. The number of ketones is 1. The highest BCUT2D eigenvalue weighted by molar-refractivity contribution is 5.95. The predicted molar refractivity (Wildman–Crippen MR) is 146 cm³/mol. The number of Topliss-reactive ketones (excluding diaryl/α,β-unsaturated/α-hetero) is 1. The van der Waals surface area contributed by atoms with Gasteiger partial charge in [0.25, 0.3) is 0 Å². The maximum Gasteiger partial charge on any atom is 0.410 e. The maximum absolute atomic E-state index is 14.2. The van der Waals surface area contributed by atoms with Crippen LogP contribution in [0.1, 0.15) is 83.1 Å². The fraction of sp³-hybridized carbons (Fsp3) is 0.517. The van der Waals surface area contributed by atoms with Crippen molar-refractivity contribution in [1.29, 1.82) is 0 Å². The van der Waals surface area contributed by atoms with Crippen molar-refractivity contribution in [3.05, 3.63) is 48.0 Å². The van der Waals surface area contributed by atoms with Crippen LogP contribution in [0.25, 0.3) is 22.2 Å². The summed E-state index contributed by atoms with van der Waals surface area (Å²) in [6, 6.07) is 6.56. The third-order valence-corrected chi connectivity index (χ3v) is 6.62. The van der Waals surface area contributed by atoms with E-state index in [9.17, 15) is 14.0 Å². The van der Waals surface area contributed by atoms with E-state index < -0.39 is 5.82 Å². The number of piperidine rings is 1. The Labute approximate surface area is 223 Å². The van der Waals surface area contributed by atoms with Gasteiger partial charge >= 0.3 is 6.09 Å². The Balaban J connectivity index is 0.000000505. The van der Waals surface area contributed by atoms with Crippen molar-refractivity contribution in [3.63, 3.8) is 0 Å². The lowest BCUT2D eigenvalue weighted by Crippen LogP contribution is -2.40. The second-order valence-electron chi connectivity index (χ2n) is 9.97. The second kappa shape index (κ2) is 13.5. The number of amides is 1. The molecule has 0 radical (unpaired) electrons. The van der Waals surface area contributed by atoms with Gasteiger partial charge in [-0.2, -0.15) is 5.10 Å². The average molecular weight is 527 g/mol. The Bertz CT molecular complexity index is 1230. The molecule has 3 heterocycles. The predicted octanol–water partition coefficient (Wildman–Crippen LogP) is 6.18. The van der Waals surface area contributed by atoms with E-state index in [0.717, 1.165) is 43.0 Å². The fourth-order valence-electron chi connectivity index (χ4n) is 4.46. The zero-order valence-corrected chi connectivity index (χ0v) is 23.0. The minimum atomic E-state index is -0.551. The summed E-state index contributed by atoms with van der Waals surface area (Å²) in [7, 11) is 0. The first-order chi connectivity index (χ1) is 18.1. The van der Waals surface area contributed by atoms with E-state index in [1.165, 1.54) is 19.1 Å². The molecule has 1 aliphatic heterocycles. The van der Waals surface area contributed by atoms with E-state index in [-0.39, 0.29) is 35.7 Å². The Morgan fingerprint density at radius 2 is 1.87 bits per heavy atom. The molecule has 3 aromatic rings. The van der Waals surface area contributed by atoms with Crippen LogP contribution in [0.2, 0.25) is 0 Å². The molecule has 0 spiro atoms. The lowest BCUT2D eigenvalue weighted by molar-refractivity contribution is 0.0656. The van der Waals surface area contributed by atoms with Gasteiger partial charge in [-0.05, 0) is 64.7 Å². The van der Waals surface area contributed by atoms with Crippen LogP contribution in [-0.4, -0.2) is 61.9 Å². The minimum absolute atomic E-state index is 0.0509. The van der Waals surface area contributed by atoms with E-state index >= 15 is 0 Å². The largest absolute Gasteiger partial charge is 0.447 e. The van der Waals surface area contributed by atoms with Crippen LogP contribution in [-0.2, 0) is 4.74 Å². The molecule has 1 aromatic carbocycles. The van der Waals surface area contributed by atoms with E-state index in [4.69, 9.17) is 9.84 Å². The first-order valence-corrected chi connectivity index (χ1v) is 13.4. The third-order valence-electron chi connectivity index (χ3n) is 6.62. The summed E-state index contributed by atoms with van der Waals surface area (Å²) in [5, 5.41) is 14.3. The molecule has 1 fully saturated rings. The van der Waals surface area contributed by atoms with Crippen LogP contribution in [0.4, 0.5) is 9.18 Å². The molecular weight excluding hydrogens is 487 g/mol. The number of hydrogen-bond donors (Lipinski definition) is 1. The smallest absolute Gasteiger partial charge is 0.410 e. The van der Waals surface area contributed by atoms with E-state index in [0.29, 0.717) is 24.3 Å². The van der Waals surface area contributed by atoms with Crippen molar-refractivity contribution in [2.24, 2.45) is 0 Å². The molecule has 0 bridgehead atoms. The average Bonchev–Trinajstić information content (AvgIpc) is 3.32. The molecule has 1 atom stereocenters. The normalized spacial score (nSPS) is 14.8. The highest BCUT2D eigenvalue weighted by Crippen LogP contribution is 2.29. The molecule has 1 unspecified atom stereocenters. The number of carbonyl (C=O) groups excluding carboxylic acids is 2. The molecule has 1 saturated heterocycles. The van der Waals surface area contributed by atoms with Gasteiger partial charge in [-0.25, -0.2) is 9.18 Å². The number of benzene rings is 1. The number of nitrogens with zero attached hydrogens (tertiary/aromatic N) is 4. The number of hydrogen-bond acceptors (Lipinski definition) is 6. The van der Waals surface area contributed by atoms with Crippen molar-refractivity contribution in [3.8, 4) is 11.3 Å². The van der Waals surface area contributed by atoms with Gasteiger partial charge in [0, 0.05) is 24.0 Å². The second-order valence-corrected chi connectivity index (χ2v) is 9.97. The fourth-order valence-corrected chi connectivity index (χ4v) is 4.46. The SMILES string of the molecule is CC(=O)c1ccc(-c2cc3cnn(C4CCN(C(=O)OC(C)C)CC4)c3cn2)cc1F.CCCC(O)CC. The molecule has 0 aliphatic carbocycles. The molecule has 206 valence electrons. The third kappa shape index (κ3) is 7.37. The van der Waals surface area contributed by atoms with Crippen LogP contribution in [0.5, 0.6) is 0 Å². The van der Waals surface area contributed by atoms with Gasteiger partial charge in [0.2, 0.25) is 0 Å². The highest BCUT2D eigenvalue weighted by atomic mass is 19.1. The molecule has 8 nitrogen and oxygen atoms in total. The standard InChI is InChI=1S/C23H25FN4O3.C6H14O/c1-14(2)31-23(30)27-8-6-18(7-9-27)28-22-13-25-21(11-17(22)12-26-28)16-4-5-19(15(3)29)20(24)10-16;1-3-5-6(7)4-2/h4-5,10-14,18H,6-9H2,1-3H3;6-7H,3-5H2,1-2H3. The number of aliphatic hydroxyl groups excluding tert-OH is 1. The van der Waals surface area contributed by atoms with Crippen molar-refractivity contribution < 1.29 is 23.8 Å².